The van der Waals surface area contributed by atoms with Gasteiger partial charge in [0, 0.05) is 12.6 Å². The third-order valence-electron chi connectivity index (χ3n) is 3.35. The molecular weight excluding hydrogens is 381 g/mol. The molecule has 1 unspecified atom stereocenters. The minimum absolute atomic E-state index is 0.0891. The van der Waals surface area contributed by atoms with Gasteiger partial charge in [0.1, 0.15) is 16.3 Å². The first-order valence-electron chi connectivity index (χ1n) is 7.06. The molecule has 0 saturated carbocycles. The van der Waals surface area contributed by atoms with Gasteiger partial charge in [0.2, 0.25) is 0 Å². The van der Waals surface area contributed by atoms with Gasteiger partial charge in [0.15, 0.2) is 0 Å². The zero-order valence-electron chi connectivity index (χ0n) is 13.1. The molecule has 140 valence electrons. The molecule has 2 rings (SSSR count). The van der Waals surface area contributed by atoms with E-state index in [2.05, 4.69) is 10.4 Å². The number of halogens is 4. The average Bonchev–Trinajstić information content (AvgIpc) is 2.49. The van der Waals surface area contributed by atoms with Crippen LogP contribution in [0.25, 0.3) is 0 Å². The van der Waals surface area contributed by atoms with Crippen molar-refractivity contribution in [2.24, 2.45) is 0 Å². The van der Waals surface area contributed by atoms with Crippen LogP contribution in [0.3, 0.4) is 0 Å². The highest BCUT2D eigenvalue weighted by atomic mass is 35.5. The number of aromatic nitrogens is 3. The molecule has 0 radical (unpaired) electrons. The maximum absolute atomic E-state index is 13.0. The summed E-state index contributed by atoms with van der Waals surface area (Å²) in [6, 6.07) is 1.40. The highest BCUT2D eigenvalue weighted by Crippen LogP contribution is 2.31. The van der Waals surface area contributed by atoms with Crippen molar-refractivity contribution in [3.05, 3.63) is 55.3 Å². The summed E-state index contributed by atoms with van der Waals surface area (Å²) in [5.74, 6) is -1.46. The van der Waals surface area contributed by atoms with Gasteiger partial charge in [-0.3, -0.25) is 14.2 Å². The molecule has 1 atom stereocenters. The normalized spacial score (nSPS) is 12.7. The molecule has 0 spiro atoms. The Labute approximate surface area is 148 Å². The van der Waals surface area contributed by atoms with Crippen LogP contribution < -0.4 is 16.4 Å². The largest absolute Gasteiger partial charge is 0.477 e. The van der Waals surface area contributed by atoms with E-state index in [1.807, 2.05) is 0 Å². The number of aromatic carboxylic acids is 1. The van der Waals surface area contributed by atoms with Gasteiger partial charge in [0.05, 0.1) is 11.9 Å². The van der Waals surface area contributed by atoms with Gasteiger partial charge >= 0.3 is 12.1 Å². The number of anilines is 1. The maximum Gasteiger partial charge on any atom is 0.423 e. The number of H-pyrrole nitrogens is 1. The Hall–Kier alpha value is -2.82. The van der Waals surface area contributed by atoms with Crippen molar-refractivity contribution in [3.63, 3.8) is 0 Å². The molecule has 0 saturated heterocycles. The zero-order valence-corrected chi connectivity index (χ0v) is 13.9. The third-order valence-corrected chi connectivity index (χ3v) is 3.68. The summed E-state index contributed by atoms with van der Waals surface area (Å²) in [5, 5.41) is 16.3. The lowest BCUT2D eigenvalue weighted by molar-refractivity contribution is -0.138. The molecule has 26 heavy (non-hydrogen) atoms. The van der Waals surface area contributed by atoms with Gasteiger partial charge < -0.3 is 10.4 Å². The molecule has 0 aliphatic rings. The van der Waals surface area contributed by atoms with Crippen LogP contribution in [0.15, 0.2) is 27.9 Å². The standard InChI is InChI=1S/C14H12ClF3N4O4/c1-6(5-22-9(15)3-2-7(12(22)24)13(25)26)20-8-4-19-21-11(23)10(8)14(16,17)18/h2-4,6H,5H2,1H3,(H,25,26)(H2,20,21,23). The van der Waals surface area contributed by atoms with Crippen LogP contribution >= 0.6 is 11.6 Å². The summed E-state index contributed by atoms with van der Waals surface area (Å²) in [7, 11) is 0. The van der Waals surface area contributed by atoms with Gasteiger partial charge in [-0.25, -0.2) is 9.89 Å². The molecular formula is C14H12ClF3N4O4. The molecule has 0 aliphatic carbocycles. The number of alkyl halides is 3. The first-order chi connectivity index (χ1) is 12.0. The fourth-order valence-electron chi connectivity index (χ4n) is 2.26. The number of hydrogen-bond donors (Lipinski definition) is 3. The third kappa shape index (κ3) is 4.04. The van der Waals surface area contributed by atoms with Crippen molar-refractivity contribution in [1.29, 1.82) is 0 Å². The Morgan fingerprint density at radius 3 is 2.65 bits per heavy atom. The second-order valence-corrected chi connectivity index (χ2v) is 5.71. The molecule has 8 nitrogen and oxygen atoms in total. The van der Waals surface area contributed by atoms with Crippen molar-refractivity contribution >= 4 is 23.3 Å². The van der Waals surface area contributed by atoms with Crippen LogP contribution in [0.5, 0.6) is 0 Å². The highest BCUT2D eigenvalue weighted by molar-refractivity contribution is 6.29. The van der Waals surface area contributed by atoms with Crippen molar-refractivity contribution < 1.29 is 23.1 Å². The number of carboxylic acids is 1. The number of rotatable bonds is 5. The summed E-state index contributed by atoms with van der Waals surface area (Å²) in [4.78, 5) is 34.6. The number of carbonyl (C=O) groups is 1. The molecule has 2 heterocycles. The lowest BCUT2D eigenvalue weighted by Crippen LogP contribution is -2.34. The SMILES string of the molecule is CC(Cn1c(Cl)ccc(C(=O)O)c1=O)Nc1cn[nH]c(=O)c1C(F)(F)F. The molecule has 0 amide bonds. The smallest absolute Gasteiger partial charge is 0.423 e. The average molecular weight is 393 g/mol. The number of pyridine rings is 1. The Morgan fingerprint density at radius 2 is 2.08 bits per heavy atom. The topological polar surface area (TPSA) is 117 Å². The van der Waals surface area contributed by atoms with Crippen LogP contribution in [0, 0.1) is 0 Å². The molecule has 0 aromatic carbocycles. The van der Waals surface area contributed by atoms with Crippen molar-refractivity contribution in [2.45, 2.75) is 25.7 Å². The van der Waals surface area contributed by atoms with Crippen molar-refractivity contribution in [2.75, 3.05) is 5.32 Å². The summed E-state index contributed by atoms with van der Waals surface area (Å²) < 4.78 is 40.0. The molecule has 0 aliphatic heterocycles. The van der Waals surface area contributed by atoms with Gasteiger partial charge in [0.25, 0.3) is 11.1 Å². The lowest BCUT2D eigenvalue weighted by Gasteiger charge is -2.20. The maximum atomic E-state index is 13.0. The van der Waals surface area contributed by atoms with Gasteiger partial charge in [-0.15, -0.1) is 0 Å². The van der Waals surface area contributed by atoms with E-state index in [1.54, 1.807) is 5.10 Å². The monoisotopic (exact) mass is 392 g/mol. The first kappa shape index (κ1) is 19.5. The summed E-state index contributed by atoms with van der Waals surface area (Å²) >= 11 is 5.88. The van der Waals surface area contributed by atoms with Crippen LogP contribution in [0.4, 0.5) is 18.9 Å². The van der Waals surface area contributed by atoms with E-state index in [4.69, 9.17) is 16.7 Å². The van der Waals surface area contributed by atoms with E-state index in [9.17, 15) is 27.6 Å². The predicted octanol–water partition coefficient (Wildman–Crippen LogP) is 1.80. The van der Waals surface area contributed by atoms with Crippen LogP contribution in [-0.2, 0) is 12.7 Å². The molecule has 0 fully saturated rings. The van der Waals surface area contributed by atoms with Crippen molar-refractivity contribution in [1.82, 2.24) is 14.8 Å². The summed E-state index contributed by atoms with van der Waals surface area (Å²) in [5.41, 5.74) is -4.89. The summed E-state index contributed by atoms with van der Waals surface area (Å²) in [6.45, 7) is 1.18. The molecule has 2 aromatic heterocycles. The second kappa shape index (κ2) is 7.20. The Balaban J connectivity index is 2.35. The molecule has 3 N–H and O–H groups in total. The Kier molecular flexibility index (Phi) is 5.40. The van der Waals surface area contributed by atoms with Crippen molar-refractivity contribution in [3.8, 4) is 0 Å². The minimum Gasteiger partial charge on any atom is -0.477 e. The number of nitrogens with zero attached hydrogens (tertiary/aromatic N) is 2. The number of hydrogen-bond acceptors (Lipinski definition) is 5. The Bertz CT molecular complexity index is 954. The van der Waals surface area contributed by atoms with E-state index in [1.165, 1.54) is 13.0 Å². The van der Waals surface area contributed by atoms with E-state index in [0.29, 0.717) is 0 Å². The Morgan fingerprint density at radius 1 is 1.42 bits per heavy atom. The predicted molar refractivity (Wildman–Crippen MR) is 85.6 cm³/mol. The first-order valence-corrected chi connectivity index (χ1v) is 7.44. The molecule has 2 aromatic rings. The fourth-order valence-corrected chi connectivity index (χ4v) is 2.47. The van der Waals surface area contributed by atoms with Crippen LogP contribution in [0.2, 0.25) is 5.15 Å². The van der Waals surface area contributed by atoms with Crippen LogP contribution in [-0.4, -0.2) is 31.9 Å². The zero-order chi connectivity index (χ0) is 19.6. The van der Waals surface area contributed by atoms with Gasteiger partial charge in [-0.05, 0) is 19.1 Å². The van der Waals surface area contributed by atoms with Gasteiger partial charge in [-0.1, -0.05) is 11.6 Å². The number of carboxylic acid groups (broad SMARTS) is 1. The van der Waals surface area contributed by atoms with E-state index >= 15 is 0 Å². The second-order valence-electron chi connectivity index (χ2n) is 5.32. The summed E-state index contributed by atoms with van der Waals surface area (Å²) in [6.07, 6.45) is -4.13. The van der Waals surface area contributed by atoms with Gasteiger partial charge in [-0.2, -0.15) is 18.3 Å². The lowest BCUT2D eigenvalue weighted by atomic mass is 10.2. The van der Waals surface area contributed by atoms with E-state index < -0.39 is 46.1 Å². The van der Waals surface area contributed by atoms with Crippen LogP contribution in [0.1, 0.15) is 22.8 Å². The molecule has 12 heteroatoms. The molecule has 0 bridgehead atoms. The van der Waals surface area contributed by atoms with E-state index in [0.717, 1.165) is 16.8 Å². The number of nitrogens with one attached hydrogen (secondary N) is 2. The number of aromatic amines is 1. The highest BCUT2D eigenvalue weighted by Gasteiger charge is 2.37. The quantitative estimate of drug-likeness (QED) is 0.668. The fraction of sp³-hybridized carbons (Fsp3) is 0.286. The minimum atomic E-state index is -4.92. The van der Waals surface area contributed by atoms with E-state index in [-0.39, 0.29) is 11.7 Å².